The van der Waals surface area contributed by atoms with Crippen LogP contribution < -0.4 is 5.32 Å². The molecule has 1 aromatic rings. The van der Waals surface area contributed by atoms with Crippen molar-refractivity contribution in [2.24, 2.45) is 5.92 Å². The summed E-state index contributed by atoms with van der Waals surface area (Å²) < 4.78 is 5.26. The van der Waals surface area contributed by atoms with E-state index in [1.807, 2.05) is 0 Å². The molecule has 102 valence electrons. The summed E-state index contributed by atoms with van der Waals surface area (Å²) in [5.41, 5.74) is 0. The van der Waals surface area contributed by atoms with Gasteiger partial charge in [0.25, 0.3) is 5.91 Å². The maximum Gasteiger partial charge on any atom is 0.282 e. The average molecular weight is 279 g/mol. The van der Waals surface area contributed by atoms with E-state index >= 15 is 0 Å². The molecule has 19 heavy (non-hydrogen) atoms. The van der Waals surface area contributed by atoms with E-state index in [1.165, 1.54) is 11.3 Å². The van der Waals surface area contributed by atoms with Gasteiger partial charge in [-0.2, -0.15) is 0 Å². The Kier molecular flexibility index (Phi) is 5.31. The molecular weight excluding hydrogens is 262 g/mol. The van der Waals surface area contributed by atoms with Crippen molar-refractivity contribution in [3.05, 3.63) is 10.0 Å². The minimum Gasteiger partial charge on any atom is -0.381 e. The third-order valence-electron chi connectivity index (χ3n) is 2.76. The Bertz CT molecular complexity index is 484. The van der Waals surface area contributed by atoms with Gasteiger partial charge in [-0.25, -0.2) is 0 Å². The van der Waals surface area contributed by atoms with Crippen molar-refractivity contribution in [3.63, 3.8) is 0 Å². The van der Waals surface area contributed by atoms with Gasteiger partial charge in [0, 0.05) is 25.5 Å². The SMILES string of the molecule is CCCC#Cc1nnc(C(=O)NCC2CCOC2)s1. The number of nitrogens with zero attached hydrogens (tertiary/aromatic N) is 2. The molecule has 2 heterocycles. The van der Waals surface area contributed by atoms with Crippen LogP contribution in [0.15, 0.2) is 0 Å². The zero-order valence-electron chi connectivity index (χ0n) is 10.9. The molecule has 1 N–H and O–H groups in total. The van der Waals surface area contributed by atoms with E-state index in [4.69, 9.17) is 4.74 Å². The van der Waals surface area contributed by atoms with Crippen LogP contribution in [0, 0.1) is 17.8 Å². The first-order chi connectivity index (χ1) is 9.29. The molecule has 0 aromatic carbocycles. The van der Waals surface area contributed by atoms with E-state index in [0.29, 0.717) is 22.5 Å². The van der Waals surface area contributed by atoms with Gasteiger partial charge in [-0.15, -0.1) is 10.2 Å². The first-order valence-corrected chi connectivity index (χ1v) is 7.29. The van der Waals surface area contributed by atoms with Crippen molar-refractivity contribution in [1.82, 2.24) is 15.5 Å². The van der Waals surface area contributed by atoms with Gasteiger partial charge < -0.3 is 10.1 Å². The highest BCUT2D eigenvalue weighted by molar-refractivity contribution is 7.13. The Morgan fingerprint density at radius 1 is 1.58 bits per heavy atom. The maximum atomic E-state index is 11.9. The van der Waals surface area contributed by atoms with Gasteiger partial charge in [0.2, 0.25) is 5.01 Å². The monoisotopic (exact) mass is 279 g/mol. The third kappa shape index (κ3) is 4.30. The van der Waals surface area contributed by atoms with Crippen molar-refractivity contribution >= 4 is 17.2 Å². The molecule has 1 unspecified atom stereocenters. The lowest BCUT2D eigenvalue weighted by atomic mass is 10.1. The number of aromatic nitrogens is 2. The van der Waals surface area contributed by atoms with Gasteiger partial charge in [-0.05, 0) is 18.8 Å². The third-order valence-corrected chi connectivity index (χ3v) is 3.60. The van der Waals surface area contributed by atoms with Crippen molar-refractivity contribution in [2.45, 2.75) is 26.2 Å². The fraction of sp³-hybridized carbons (Fsp3) is 0.615. The predicted octanol–water partition coefficient (Wildman–Crippen LogP) is 1.46. The fourth-order valence-electron chi connectivity index (χ4n) is 1.69. The van der Waals surface area contributed by atoms with Gasteiger partial charge in [0.05, 0.1) is 6.61 Å². The molecule has 1 aromatic heterocycles. The van der Waals surface area contributed by atoms with Crippen LogP contribution in [0.5, 0.6) is 0 Å². The van der Waals surface area contributed by atoms with E-state index in [9.17, 15) is 4.79 Å². The number of carbonyl (C=O) groups excluding carboxylic acids is 1. The molecule has 1 fully saturated rings. The van der Waals surface area contributed by atoms with Crippen LogP contribution in [-0.4, -0.2) is 35.9 Å². The highest BCUT2D eigenvalue weighted by Gasteiger charge is 2.18. The van der Waals surface area contributed by atoms with Crippen LogP contribution in [0.1, 0.15) is 41.0 Å². The average Bonchev–Trinajstić information content (AvgIpc) is 3.07. The molecule has 5 nitrogen and oxygen atoms in total. The molecule has 1 amide bonds. The van der Waals surface area contributed by atoms with Crippen molar-refractivity contribution < 1.29 is 9.53 Å². The molecule has 0 saturated carbocycles. The summed E-state index contributed by atoms with van der Waals surface area (Å²) in [5, 5.41) is 11.6. The molecule has 0 bridgehead atoms. The normalized spacial score (nSPS) is 17.8. The van der Waals surface area contributed by atoms with E-state index in [0.717, 1.165) is 32.5 Å². The molecule has 0 radical (unpaired) electrons. The summed E-state index contributed by atoms with van der Waals surface area (Å²) in [6.07, 6.45) is 2.86. The van der Waals surface area contributed by atoms with Crippen molar-refractivity contribution in [1.29, 1.82) is 0 Å². The standard InChI is InChI=1S/C13H17N3O2S/c1-2-3-4-5-11-15-16-13(19-11)12(17)14-8-10-6-7-18-9-10/h10H,2-3,6-9H2,1H3,(H,14,17). The van der Waals surface area contributed by atoms with Crippen molar-refractivity contribution in [2.75, 3.05) is 19.8 Å². The number of hydrogen-bond acceptors (Lipinski definition) is 5. The van der Waals surface area contributed by atoms with Crippen LogP contribution >= 0.6 is 11.3 Å². The molecule has 1 saturated heterocycles. The Balaban J connectivity index is 1.83. The number of unbranched alkanes of at least 4 members (excludes halogenated alkanes) is 1. The predicted molar refractivity (Wildman–Crippen MR) is 73.0 cm³/mol. The molecule has 1 aliphatic rings. The topological polar surface area (TPSA) is 64.1 Å². The number of ether oxygens (including phenoxy) is 1. The van der Waals surface area contributed by atoms with Gasteiger partial charge in [-0.1, -0.05) is 24.2 Å². The summed E-state index contributed by atoms with van der Waals surface area (Å²) in [4.78, 5) is 11.9. The van der Waals surface area contributed by atoms with Gasteiger partial charge in [-0.3, -0.25) is 4.79 Å². The quantitative estimate of drug-likeness (QED) is 0.847. The largest absolute Gasteiger partial charge is 0.381 e. The van der Waals surface area contributed by atoms with Crippen LogP contribution in [0.25, 0.3) is 0 Å². The second-order valence-corrected chi connectivity index (χ2v) is 5.38. The second-order valence-electron chi connectivity index (χ2n) is 4.40. The first kappa shape index (κ1) is 14.0. The van der Waals surface area contributed by atoms with E-state index in [2.05, 4.69) is 34.3 Å². The summed E-state index contributed by atoms with van der Waals surface area (Å²) >= 11 is 1.23. The zero-order valence-corrected chi connectivity index (χ0v) is 11.8. The molecule has 0 aliphatic carbocycles. The lowest BCUT2D eigenvalue weighted by molar-refractivity contribution is 0.0944. The van der Waals surface area contributed by atoms with Gasteiger partial charge >= 0.3 is 0 Å². The number of carbonyl (C=O) groups is 1. The van der Waals surface area contributed by atoms with Gasteiger partial charge in [0.15, 0.2) is 5.01 Å². The summed E-state index contributed by atoms with van der Waals surface area (Å²) in [6, 6.07) is 0. The molecule has 1 atom stereocenters. The first-order valence-electron chi connectivity index (χ1n) is 6.48. The summed E-state index contributed by atoms with van der Waals surface area (Å²) in [7, 11) is 0. The van der Waals surface area contributed by atoms with Gasteiger partial charge in [0.1, 0.15) is 0 Å². The summed E-state index contributed by atoms with van der Waals surface area (Å²) in [5.74, 6) is 6.15. The molecule has 2 rings (SSSR count). The number of hydrogen-bond donors (Lipinski definition) is 1. The minimum absolute atomic E-state index is 0.173. The number of rotatable bonds is 4. The Morgan fingerprint density at radius 3 is 3.21 bits per heavy atom. The molecular formula is C13H17N3O2S. The minimum atomic E-state index is -0.173. The Hall–Kier alpha value is -1.45. The van der Waals surface area contributed by atoms with Crippen LogP contribution in [0.3, 0.4) is 0 Å². The van der Waals surface area contributed by atoms with Crippen molar-refractivity contribution in [3.8, 4) is 11.8 Å². The van der Waals surface area contributed by atoms with Crippen LogP contribution in [-0.2, 0) is 4.74 Å². The van der Waals surface area contributed by atoms with E-state index in [1.54, 1.807) is 0 Å². The lowest BCUT2D eigenvalue weighted by Gasteiger charge is -2.07. The summed E-state index contributed by atoms with van der Waals surface area (Å²) in [6.45, 7) is 4.22. The lowest BCUT2D eigenvalue weighted by Crippen LogP contribution is -2.29. The Morgan fingerprint density at radius 2 is 2.47 bits per heavy atom. The molecule has 1 aliphatic heterocycles. The number of amides is 1. The highest BCUT2D eigenvalue weighted by Crippen LogP contribution is 2.12. The Labute approximate surface area is 116 Å². The molecule has 6 heteroatoms. The molecule has 0 spiro atoms. The smallest absolute Gasteiger partial charge is 0.282 e. The van der Waals surface area contributed by atoms with Crippen LogP contribution in [0.4, 0.5) is 0 Å². The fourth-order valence-corrected chi connectivity index (χ4v) is 2.32. The zero-order chi connectivity index (χ0) is 13.5. The number of nitrogens with one attached hydrogen (secondary N) is 1. The highest BCUT2D eigenvalue weighted by atomic mass is 32.1. The second kappa shape index (κ2) is 7.22. The van der Waals surface area contributed by atoms with E-state index in [-0.39, 0.29) is 5.91 Å². The van der Waals surface area contributed by atoms with Crippen LogP contribution in [0.2, 0.25) is 0 Å². The van der Waals surface area contributed by atoms with E-state index < -0.39 is 0 Å². The maximum absolute atomic E-state index is 11.9.